The van der Waals surface area contributed by atoms with Gasteiger partial charge in [-0.1, -0.05) is 31.2 Å². The summed E-state index contributed by atoms with van der Waals surface area (Å²) in [6.07, 6.45) is 1.85. The van der Waals surface area contributed by atoms with Crippen molar-refractivity contribution in [1.82, 2.24) is 5.06 Å². The van der Waals surface area contributed by atoms with E-state index in [0.29, 0.717) is 6.54 Å². The Kier molecular flexibility index (Phi) is 4.77. The van der Waals surface area contributed by atoms with E-state index in [4.69, 9.17) is 4.74 Å². The van der Waals surface area contributed by atoms with Crippen molar-refractivity contribution >= 4 is 10.8 Å². The Labute approximate surface area is 114 Å². The van der Waals surface area contributed by atoms with Crippen molar-refractivity contribution in [2.75, 3.05) is 20.2 Å². The molecule has 102 valence electrons. The maximum Gasteiger partial charge on any atom is 0.119 e. The Balaban J connectivity index is 2.19. The summed E-state index contributed by atoms with van der Waals surface area (Å²) in [6, 6.07) is 12.6. The number of ether oxygens (including phenoxy) is 1. The highest BCUT2D eigenvalue weighted by Crippen LogP contribution is 2.22. The molecular formula is C16H21NO2. The predicted octanol–water partition coefficient (Wildman–Crippen LogP) is 3.49. The normalized spacial score (nSPS) is 11.2. The smallest absolute Gasteiger partial charge is 0.119 e. The Morgan fingerprint density at radius 2 is 1.89 bits per heavy atom. The third-order valence-corrected chi connectivity index (χ3v) is 3.07. The van der Waals surface area contributed by atoms with E-state index in [2.05, 4.69) is 37.3 Å². The standard InChI is InChI=1S/C16H21NO2/c1-3-10-19-16-7-6-14-5-4-13(8-9-17(2)18)11-15(14)12-16/h4-7,11-12,18H,3,8-10H2,1-2H3. The molecule has 19 heavy (non-hydrogen) atoms. The number of benzene rings is 2. The number of fused-ring (bicyclic) bond motifs is 1. The van der Waals surface area contributed by atoms with Crippen LogP contribution in [0.3, 0.4) is 0 Å². The summed E-state index contributed by atoms with van der Waals surface area (Å²) in [7, 11) is 1.66. The largest absolute Gasteiger partial charge is 0.494 e. The van der Waals surface area contributed by atoms with Gasteiger partial charge in [0.15, 0.2) is 0 Å². The highest BCUT2D eigenvalue weighted by molar-refractivity contribution is 5.84. The van der Waals surface area contributed by atoms with Crippen LogP contribution in [0.2, 0.25) is 0 Å². The van der Waals surface area contributed by atoms with Crippen LogP contribution in [0.5, 0.6) is 5.75 Å². The quantitative estimate of drug-likeness (QED) is 0.806. The molecule has 2 aromatic carbocycles. The van der Waals surface area contributed by atoms with Crippen LogP contribution in [0.4, 0.5) is 0 Å². The topological polar surface area (TPSA) is 32.7 Å². The Morgan fingerprint density at radius 3 is 2.63 bits per heavy atom. The van der Waals surface area contributed by atoms with Gasteiger partial charge < -0.3 is 9.94 Å². The highest BCUT2D eigenvalue weighted by atomic mass is 16.5. The van der Waals surface area contributed by atoms with Crippen LogP contribution in [0, 0.1) is 0 Å². The molecule has 0 aromatic heterocycles. The van der Waals surface area contributed by atoms with Crippen LogP contribution in [0.25, 0.3) is 10.8 Å². The first-order chi connectivity index (χ1) is 9.19. The van der Waals surface area contributed by atoms with Gasteiger partial charge >= 0.3 is 0 Å². The van der Waals surface area contributed by atoms with Crippen LogP contribution in [-0.2, 0) is 6.42 Å². The number of hydroxylamine groups is 2. The summed E-state index contributed by atoms with van der Waals surface area (Å²) in [4.78, 5) is 0. The van der Waals surface area contributed by atoms with Gasteiger partial charge in [0.2, 0.25) is 0 Å². The first-order valence-electron chi connectivity index (χ1n) is 6.74. The van der Waals surface area contributed by atoms with Crippen molar-refractivity contribution in [1.29, 1.82) is 0 Å². The lowest BCUT2D eigenvalue weighted by atomic mass is 10.0. The van der Waals surface area contributed by atoms with Crippen molar-refractivity contribution in [3.8, 4) is 5.75 Å². The lowest BCUT2D eigenvalue weighted by Crippen LogP contribution is -2.15. The van der Waals surface area contributed by atoms with E-state index in [1.165, 1.54) is 21.4 Å². The molecule has 0 radical (unpaired) electrons. The van der Waals surface area contributed by atoms with Crippen molar-refractivity contribution in [2.45, 2.75) is 19.8 Å². The van der Waals surface area contributed by atoms with Gasteiger partial charge in [-0.05, 0) is 41.3 Å². The van der Waals surface area contributed by atoms with E-state index in [9.17, 15) is 5.21 Å². The molecule has 0 heterocycles. The van der Waals surface area contributed by atoms with E-state index in [1.54, 1.807) is 7.05 Å². The molecule has 0 aliphatic heterocycles. The van der Waals surface area contributed by atoms with Gasteiger partial charge in [0, 0.05) is 13.6 Å². The molecule has 0 saturated carbocycles. The van der Waals surface area contributed by atoms with Crippen LogP contribution in [-0.4, -0.2) is 30.5 Å². The molecule has 0 spiro atoms. The zero-order chi connectivity index (χ0) is 13.7. The summed E-state index contributed by atoms with van der Waals surface area (Å²) in [5, 5.41) is 12.8. The van der Waals surface area contributed by atoms with E-state index >= 15 is 0 Å². The lowest BCUT2D eigenvalue weighted by Gasteiger charge is -2.09. The van der Waals surface area contributed by atoms with E-state index in [-0.39, 0.29) is 0 Å². The van der Waals surface area contributed by atoms with Crippen molar-refractivity contribution in [3.05, 3.63) is 42.0 Å². The number of likely N-dealkylation sites (N-methyl/N-ethyl adjacent to an activating group) is 1. The second-order valence-electron chi connectivity index (χ2n) is 4.82. The van der Waals surface area contributed by atoms with Gasteiger partial charge in [-0.25, -0.2) is 0 Å². The second kappa shape index (κ2) is 6.55. The average Bonchev–Trinajstić information content (AvgIpc) is 2.42. The number of rotatable bonds is 6. The maximum absolute atomic E-state index is 9.18. The minimum atomic E-state index is 0.636. The summed E-state index contributed by atoms with van der Waals surface area (Å²) >= 11 is 0. The summed E-state index contributed by atoms with van der Waals surface area (Å²) in [5.41, 5.74) is 1.22. The molecule has 0 unspecified atom stereocenters. The molecule has 3 nitrogen and oxygen atoms in total. The first kappa shape index (κ1) is 13.8. The minimum Gasteiger partial charge on any atom is -0.494 e. The fraction of sp³-hybridized carbons (Fsp3) is 0.375. The molecule has 3 heteroatoms. The summed E-state index contributed by atoms with van der Waals surface area (Å²) < 4.78 is 5.65. The minimum absolute atomic E-state index is 0.636. The van der Waals surface area contributed by atoms with Gasteiger partial charge in [0.05, 0.1) is 6.61 Å². The van der Waals surface area contributed by atoms with Crippen LogP contribution >= 0.6 is 0 Å². The fourth-order valence-corrected chi connectivity index (χ4v) is 2.03. The molecule has 1 N–H and O–H groups in total. The Bertz CT molecular complexity index is 537. The molecule has 0 aliphatic rings. The van der Waals surface area contributed by atoms with Gasteiger partial charge in [-0.2, -0.15) is 5.06 Å². The number of hydrogen-bond acceptors (Lipinski definition) is 3. The number of hydrogen-bond donors (Lipinski definition) is 1. The zero-order valence-electron chi connectivity index (χ0n) is 11.6. The molecule has 2 aromatic rings. The maximum atomic E-state index is 9.18. The van der Waals surface area contributed by atoms with Crippen molar-refractivity contribution in [2.24, 2.45) is 0 Å². The molecule has 0 fully saturated rings. The predicted molar refractivity (Wildman–Crippen MR) is 77.9 cm³/mol. The third-order valence-electron chi connectivity index (χ3n) is 3.07. The van der Waals surface area contributed by atoms with Crippen LogP contribution in [0.1, 0.15) is 18.9 Å². The molecule has 2 rings (SSSR count). The van der Waals surface area contributed by atoms with Gasteiger partial charge in [0.25, 0.3) is 0 Å². The van der Waals surface area contributed by atoms with Gasteiger partial charge in [-0.3, -0.25) is 0 Å². The molecule has 0 amide bonds. The van der Waals surface area contributed by atoms with Gasteiger partial charge in [-0.15, -0.1) is 0 Å². The van der Waals surface area contributed by atoms with Crippen molar-refractivity contribution < 1.29 is 9.94 Å². The Hall–Kier alpha value is -1.58. The summed E-state index contributed by atoms with van der Waals surface area (Å²) in [5.74, 6) is 0.922. The third kappa shape index (κ3) is 3.94. The Morgan fingerprint density at radius 1 is 1.11 bits per heavy atom. The molecular weight excluding hydrogens is 238 g/mol. The molecule has 0 aliphatic carbocycles. The van der Waals surface area contributed by atoms with Crippen molar-refractivity contribution in [3.63, 3.8) is 0 Å². The van der Waals surface area contributed by atoms with Crippen LogP contribution < -0.4 is 4.74 Å². The highest BCUT2D eigenvalue weighted by Gasteiger charge is 2.01. The van der Waals surface area contributed by atoms with E-state index in [0.717, 1.165) is 25.2 Å². The monoisotopic (exact) mass is 259 g/mol. The molecule has 0 saturated heterocycles. The lowest BCUT2D eigenvalue weighted by molar-refractivity contribution is -0.0634. The zero-order valence-corrected chi connectivity index (χ0v) is 11.6. The van der Waals surface area contributed by atoms with Crippen LogP contribution in [0.15, 0.2) is 36.4 Å². The van der Waals surface area contributed by atoms with E-state index < -0.39 is 0 Å². The van der Waals surface area contributed by atoms with E-state index in [1.807, 2.05) is 6.07 Å². The average molecular weight is 259 g/mol. The molecule has 0 atom stereocenters. The first-order valence-corrected chi connectivity index (χ1v) is 6.74. The van der Waals surface area contributed by atoms with Gasteiger partial charge in [0.1, 0.15) is 5.75 Å². The fourth-order valence-electron chi connectivity index (χ4n) is 2.03. The SMILES string of the molecule is CCCOc1ccc2ccc(CCN(C)O)cc2c1. The number of nitrogens with zero attached hydrogens (tertiary/aromatic N) is 1. The molecule has 0 bridgehead atoms. The second-order valence-corrected chi connectivity index (χ2v) is 4.82. The summed E-state index contributed by atoms with van der Waals surface area (Å²) in [6.45, 7) is 3.49.